The van der Waals surface area contributed by atoms with Gasteiger partial charge in [-0.25, -0.2) is 4.98 Å². The molecule has 4 rings (SSSR count). The van der Waals surface area contributed by atoms with Crippen molar-refractivity contribution >= 4 is 17.2 Å². The van der Waals surface area contributed by atoms with Crippen LogP contribution in [-0.4, -0.2) is 27.3 Å². The molecule has 0 bridgehead atoms. The SMILES string of the molecule is O=C(c1cnccn1)N1CCc2sccc2[C@H]1c1ccccc1. The lowest BCUT2D eigenvalue weighted by Gasteiger charge is -2.36. The first-order chi connectivity index (χ1) is 11.3. The second kappa shape index (κ2) is 5.93. The van der Waals surface area contributed by atoms with Crippen molar-refractivity contribution in [2.45, 2.75) is 12.5 Å². The van der Waals surface area contributed by atoms with Crippen LogP contribution in [-0.2, 0) is 6.42 Å². The van der Waals surface area contributed by atoms with Gasteiger partial charge in [0.2, 0.25) is 0 Å². The van der Waals surface area contributed by atoms with E-state index < -0.39 is 0 Å². The number of hydrogen-bond donors (Lipinski definition) is 0. The summed E-state index contributed by atoms with van der Waals surface area (Å²) in [5.74, 6) is -0.0659. The van der Waals surface area contributed by atoms with Crippen LogP contribution in [0.4, 0.5) is 0 Å². The van der Waals surface area contributed by atoms with Crippen LogP contribution in [0.2, 0.25) is 0 Å². The zero-order valence-corrected chi connectivity index (χ0v) is 13.2. The molecule has 1 amide bonds. The van der Waals surface area contributed by atoms with E-state index in [0.717, 1.165) is 12.0 Å². The Morgan fingerprint density at radius 2 is 2.04 bits per heavy atom. The Morgan fingerprint density at radius 1 is 1.17 bits per heavy atom. The van der Waals surface area contributed by atoms with Gasteiger partial charge in [-0.2, -0.15) is 0 Å². The van der Waals surface area contributed by atoms with Gasteiger partial charge in [0, 0.05) is 23.8 Å². The molecule has 1 atom stereocenters. The lowest BCUT2D eigenvalue weighted by molar-refractivity contribution is 0.0689. The van der Waals surface area contributed by atoms with E-state index in [4.69, 9.17) is 0 Å². The van der Waals surface area contributed by atoms with Gasteiger partial charge in [-0.15, -0.1) is 11.3 Å². The third-order valence-corrected chi connectivity index (χ3v) is 5.12. The third kappa shape index (κ3) is 2.53. The number of benzene rings is 1. The summed E-state index contributed by atoms with van der Waals surface area (Å²) in [5.41, 5.74) is 2.75. The van der Waals surface area contributed by atoms with Crippen LogP contribution in [0.25, 0.3) is 0 Å². The molecule has 0 saturated carbocycles. The Balaban J connectivity index is 1.78. The summed E-state index contributed by atoms with van der Waals surface area (Å²) in [4.78, 5) is 24.4. The van der Waals surface area contributed by atoms with Crippen LogP contribution in [0.1, 0.15) is 32.5 Å². The molecule has 0 aliphatic carbocycles. The number of carbonyl (C=O) groups is 1. The van der Waals surface area contributed by atoms with Crippen LogP contribution < -0.4 is 0 Å². The summed E-state index contributed by atoms with van der Waals surface area (Å²) in [7, 11) is 0. The van der Waals surface area contributed by atoms with E-state index in [1.54, 1.807) is 23.7 Å². The Labute approximate surface area is 138 Å². The molecule has 0 fully saturated rings. The molecule has 23 heavy (non-hydrogen) atoms. The van der Waals surface area contributed by atoms with Gasteiger partial charge < -0.3 is 4.90 Å². The predicted molar refractivity (Wildman–Crippen MR) is 89.4 cm³/mol. The number of amides is 1. The van der Waals surface area contributed by atoms with Crippen molar-refractivity contribution in [3.05, 3.63) is 82.1 Å². The highest BCUT2D eigenvalue weighted by molar-refractivity contribution is 7.10. The van der Waals surface area contributed by atoms with E-state index in [2.05, 4.69) is 33.5 Å². The average molecular weight is 321 g/mol. The molecule has 0 spiro atoms. The van der Waals surface area contributed by atoms with Gasteiger partial charge in [0.1, 0.15) is 5.69 Å². The maximum absolute atomic E-state index is 12.9. The zero-order chi connectivity index (χ0) is 15.6. The van der Waals surface area contributed by atoms with E-state index in [9.17, 15) is 4.79 Å². The van der Waals surface area contributed by atoms with Crippen molar-refractivity contribution in [1.29, 1.82) is 0 Å². The highest BCUT2D eigenvalue weighted by atomic mass is 32.1. The Bertz CT molecular complexity index is 817. The molecular weight excluding hydrogens is 306 g/mol. The van der Waals surface area contributed by atoms with Crippen molar-refractivity contribution < 1.29 is 4.79 Å². The molecule has 3 heterocycles. The summed E-state index contributed by atoms with van der Waals surface area (Å²) in [6.45, 7) is 0.697. The highest BCUT2D eigenvalue weighted by Gasteiger charge is 2.33. The fraction of sp³-hybridized carbons (Fsp3) is 0.167. The number of thiophene rings is 1. The van der Waals surface area contributed by atoms with Crippen LogP contribution in [0.3, 0.4) is 0 Å². The molecule has 1 aliphatic rings. The molecule has 0 saturated heterocycles. The number of carbonyl (C=O) groups excluding carboxylic acids is 1. The quantitative estimate of drug-likeness (QED) is 0.727. The topological polar surface area (TPSA) is 46.1 Å². The molecule has 2 aromatic heterocycles. The lowest BCUT2D eigenvalue weighted by atomic mass is 9.93. The van der Waals surface area contributed by atoms with Crippen molar-refractivity contribution in [2.75, 3.05) is 6.54 Å². The molecule has 3 aromatic rings. The van der Waals surface area contributed by atoms with Gasteiger partial charge in [-0.1, -0.05) is 30.3 Å². The van der Waals surface area contributed by atoms with Crippen molar-refractivity contribution in [1.82, 2.24) is 14.9 Å². The van der Waals surface area contributed by atoms with Crippen molar-refractivity contribution in [3.8, 4) is 0 Å². The molecule has 1 aromatic carbocycles. The summed E-state index contributed by atoms with van der Waals surface area (Å²) in [6, 6.07) is 12.3. The average Bonchev–Trinajstić information content (AvgIpc) is 3.10. The van der Waals surface area contributed by atoms with E-state index in [1.807, 2.05) is 23.1 Å². The summed E-state index contributed by atoms with van der Waals surface area (Å²) in [6.07, 6.45) is 5.57. The van der Waals surface area contributed by atoms with E-state index >= 15 is 0 Å². The van der Waals surface area contributed by atoms with Crippen LogP contribution in [0.15, 0.2) is 60.4 Å². The minimum absolute atomic E-state index is 0.0549. The molecule has 1 aliphatic heterocycles. The molecule has 114 valence electrons. The number of nitrogens with zero attached hydrogens (tertiary/aromatic N) is 3. The van der Waals surface area contributed by atoms with Gasteiger partial charge in [0.05, 0.1) is 12.2 Å². The smallest absolute Gasteiger partial charge is 0.274 e. The minimum Gasteiger partial charge on any atom is -0.326 e. The van der Waals surface area contributed by atoms with Gasteiger partial charge >= 0.3 is 0 Å². The van der Waals surface area contributed by atoms with E-state index in [-0.39, 0.29) is 11.9 Å². The molecule has 4 nitrogen and oxygen atoms in total. The second-order valence-electron chi connectivity index (χ2n) is 5.45. The monoisotopic (exact) mass is 321 g/mol. The molecule has 0 N–H and O–H groups in total. The summed E-state index contributed by atoms with van der Waals surface area (Å²) >= 11 is 1.77. The molecule has 0 radical (unpaired) electrons. The zero-order valence-electron chi connectivity index (χ0n) is 12.4. The van der Waals surface area contributed by atoms with Crippen LogP contribution in [0, 0.1) is 0 Å². The molecular formula is C18H15N3OS. The largest absolute Gasteiger partial charge is 0.326 e. The van der Waals surface area contributed by atoms with Crippen molar-refractivity contribution in [3.63, 3.8) is 0 Å². The highest BCUT2D eigenvalue weighted by Crippen LogP contribution is 2.38. The summed E-state index contributed by atoms with van der Waals surface area (Å²) in [5, 5.41) is 2.11. The number of rotatable bonds is 2. The molecule has 5 heteroatoms. The fourth-order valence-electron chi connectivity index (χ4n) is 3.09. The van der Waals surface area contributed by atoms with Gasteiger partial charge in [0.25, 0.3) is 5.91 Å². The Morgan fingerprint density at radius 3 is 2.83 bits per heavy atom. The first kappa shape index (κ1) is 14.1. The van der Waals surface area contributed by atoms with Crippen LogP contribution >= 0.6 is 11.3 Å². The Hall–Kier alpha value is -2.53. The van der Waals surface area contributed by atoms with Gasteiger partial charge in [-0.3, -0.25) is 9.78 Å². The van der Waals surface area contributed by atoms with Gasteiger partial charge in [0.15, 0.2) is 0 Å². The fourth-order valence-corrected chi connectivity index (χ4v) is 3.99. The van der Waals surface area contributed by atoms with Gasteiger partial charge in [-0.05, 0) is 29.0 Å². The number of fused-ring (bicyclic) bond motifs is 1. The summed E-state index contributed by atoms with van der Waals surface area (Å²) < 4.78 is 0. The second-order valence-corrected chi connectivity index (χ2v) is 6.45. The van der Waals surface area contributed by atoms with Crippen molar-refractivity contribution in [2.24, 2.45) is 0 Å². The maximum Gasteiger partial charge on any atom is 0.274 e. The number of aromatic nitrogens is 2. The first-order valence-corrected chi connectivity index (χ1v) is 8.41. The standard InChI is InChI=1S/C18H15N3OS/c22-18(15-12-19-8-9-20-15)21-10-6-16-14(7-11-23-16)17(21)13-4-2-1-3-5-13/h1-5,7-9,11-12,17H,6,10H2/t17-/m1/s1. The minimum atomic E-state index is -0.0659. The maximum atomic E-state index is 12.9. The van der Waals surface area contributed by atoms with E-state index in [1.165, 1.54) is 16.6 Å². The number of hydrogen-bond acceptors (Lipinski definition) is 4. The predicted octanol–water partition coefficient (Wildman–Crippen LogP) is 3.33. The first-order valence-electron chi connectivity index (χ1n) is 7.53. The lowest BCUT2D eigenvalue weighted by Crippen LogP contribution is -2.40. The normalized spacial score (nSPS) is 16.9. The Kier molecular flexibility index (Phi) is 3.63. The third-order valence-electron chi connectivity index (χ3n) is 4.12. The van der Waals surface area contributed by atoms with E-state index in [0.29, 0.717) is 12.2 Å². The molecule has 0 unspecified atom stereocenters. The van der Waals surface area contributed by atoms with Crippen LogP contribution in [0.5, 0.6) is 0 Å².